The second kappa shape index (κ2) is 8.27. The van der Waals surface area contributed by atoms with Crippen molar-refractivity contribution in [2.75, 3.05) is 12.3 Å². The molecule has 0 amide bonds. The zero-order chi connectivity index (χ0) is 22.2. The number of hydrogen-bond donors (Lipinski definition) is 2. The zero-order valence-corrected chi connectivity index (χ0v) is 18.4. The Morgan fingerprint density at radius 2 is 1.94 bits per heavy atom. The number of nitrogens with zero attached hydrogens (tertiary/aromatic N) is 4. The highest BCUT2D eigenvalue weighted by molar-refractivity contribution is 5.82. The molecule has 3 aromatic rings. The third-order valence-electron chi connectivity index (χ3n) is 5.71. The van der Waals surface area contributed by atoms with Gasteiger partial charge in [0, 0.05) is 24.1 Å². The summed E-state index contributed by atoms with van der Waals surface area (Å²) in [6.07, 6.45) is 9.67. The van der Waals surface area contributed by atoms with E-state index in [0.717, 1.165) is 49.2 Å². The number of halogens is 1. The number of nitrogen functional groups attached to an aromatic ring is 1. The molecule has 2 heterocycles. The molecule has 0 atom stereocenters. The summed E-state index contributed by atoms with van der Waals surface area (Å²) in [5.74, 6) is 3.66. The van der Waals surface area contributed by atoms with E-state index in [4.69, 9.17) is 17.1 Å². The molecule has 0 spiro atoms. The van der Waals surface area contributed by atoms with Crippen molar-refractivity contribution in [2.24, 2.45) is 0 Å². The number of fused-ring (bicyclic) bond motifs is 2. The Morgan fingerprint density at radius 1 is 1.19 bits per heavy atom. The summed E-state index contributed by atoms with van der Waals surface area (Å²) in [5.41, 5.74) is 11.5. The monoisotopic (exact) mass is 420 g/mol. The summed E-state index contributed by atoms with van der Waals surface area (Å²) in [5, 5.41) is 3.48. The Kier molecular flexibility index (Phi) is 5.67. The Bertz CT molecular complexity index is 1170. The molecular formula is C24H29FN6. The molecule has 162 valence electrons. The van der Waals surface area contributed by atoms with E-state index < -0.39 is 6.08 Å². The number of aryl methyl sites for hydroxylation is 3. The maximum absolute atomic E-state index is 13.9. The van der Waals surface area contributed by atoms with Crippen LogP contribution in [0.2, 0.25) is 0 Å². The van der Waals surface area contributed by atoms with Gasteiger partial charge in [-0.1, -0.05) is 12.0 Å². The lowest BCUT2D eigenvalue weighted by Gasteiger charge is -2.20. The minimum absolute atomic E-state index is 0.0324. The average Bonchev–Trinajstić information content (AvgIpc) is 3.28. The van der Waals surface area contributed by atoms with Gasteiger partial charge in [0.05, 0.1) is 0 Å². The molecule has 3 N–H and O–H groups in total. The summed E-state index contributed by atoms with van der Waals surface area (Å²) < 4.78 is 15.9. The quantitative estimate of drug-likeness (QED) is 0.363. The van der Waals surface area contributed by atoms with Crippen LogP contribution in [0.25, 0.3) is 11.2 Å². The minimum atomic E-state index is -0.840. The van der Waals surface area contributed by atoms with Crippen LogP contribution < -0.4 is 11.1 Å². The molecule has 0 unspecified atom stereocenters. The van der Waals surface area contributed by atoms with E-state index in [0.29, 0.717) is 24.1 Å². The summed E-state index contributed by atoms with van der Waals surface area (Å²) >= 11 is 0. The highest BCUT2D eigenvalue weighted by atomic mass is 19.1. The SMILES string of the molecule is C#Cc1cc2c(cc1Cc1nc3c(N)nc(F)nc3n1CCCNC(C)(C)C)CCC2. The van der Waals surface area contributed by atoms with Crippen LogP contribution in [0.5, 0.6) is 0 Å². The van der Waals surface area contributed by atoms with Crippen molar-refractivity contribution < 1.29 is 4.39 Å². The fourth-order valence-corrected chi connectivity index (χ4v) is 4.24. The largest absolute Gasteiger partial charge is 0.382 e. The van der Waals surface area contributed by atoms with Gasteiger partial charge in [-0.3, -0.25) is 0 Å². The van der Waals surface area contributed by atoms with E-state index in [1.54, 1.807) is 0 Å². The summed E-state index contributed by atoms with van der Waals surface area (Å²) in [6, 6.07) is 4.34. The molecule has 1 aromatic carbocycles. The molecule has 0 radical (unpaired) electrons. The van der Waals surface area contributed by atoms with Gasteiger partial charge in [-0.15, -0.1) is 6.42 Å². The summed E-state index contributed by atoms with van der Waals surface area (Å²) in [4.78, 5) is 12.4. The molecule has 7 heteroatoms. The number of benzene rings is 1. The van der Waals surface area contributed by atoms with Gasteiger partial charge in [-0.05, 0) is 75.8 Å². The number of hydrogen-bond acceptors (Lipinski definition) is 5. The molecule has 0 saturated heterocycles. The fraction of sp³-hybridized carbons (Fsp3) is 0.458. The van der Waals surface area contributed by atoms with Gasteiger partial charge >= 0.3 is 6.08 Å². The molecule has 4 rings (SSSR count). The first-order chi connectivity index (χ1) is 14.7. The van der Waals surface area contributed by atoms with Crippen molar-refractivity contribution in [1.29, 1.82) is 0 Å². The van der Waals surface area contributed by atoms with E-state index in [1.165, 1.54) is 11.1 Å². The smallest absolute Gasteiger partial charge is 0.312 e. The van der Waals surface area contributed by atoms with Crippen LogP contribution in [0, 0.1) is 18.4 Å². The second-order valence-corrected chi connectivity index (χ2v) is 9.21. The van der Waals surface area contributed by atoms with Crippen LogP contribution in [-0.4, -0.2) is 31.6 Å². The topological polar surface area (TPSA) is 81.7 Å². The maximum Gasteiger partial charge on any atom is 0.312 e. The van der Waals surface area contributed by atoms with Crippen molar-refractivity contribution in [1.82, 2.24) is 24.8 Å². The molecule has 2 aromatic heterocycles. The molecule has 0 fully saturated rings. The van der Waals surface area contributed by atoms with Crippen LogP contribution in [-0.2, 0) is 25.8 Å². The molecular weight excluding hydrogens is 391 g/mol. The second-order valence-electron chi connectivity index (χ2n) is 9.21. The van der Waals surface area contributed by atoms with Crippen molar-refractivity contribution in [3.05, 3.63) is 46.3 Å². The van der Waals surface area contributed by atoms with Crippen LogP contribution in [0.3, 0.4) is 0 Å². The molecule has 0 aliphatic heterocycles. The first-order valence-electron chi connectivity index (χ1n) is 10.8. The van der Waals surface area contributed by atoms with Crippen LogP contribution in [0.4, 0.5) is 10.2 Å². The van der Waals surface area contributed by atoms with Crippen LogP contribution >= 0.6 is 0 Å². The number of imidazole rings is 1. The highest BCUT2D eigenvalue weighted by Crippen LogP contribution is 2.28. The number of rotatable bonds is 6. The normalized spacial score (nSPS) is 13.5. The van der Waals surface area contributed by atoms with E-state index in [9.17, 15) is 4.39 Å². The van der Waals surface area contributed by atoms with Gasteiger partial charge < -0.3 is 15.6 Å². The summed E-state index contributed by atoms with van der Waals surface area (Å²) in [6.45, 7) is 7.85. The van der Waals surface area contributed by atoms with Crippen molar-refractivity contribution >= 4 is 17.0 Å². The Hall–Kier alpha value is -2.98. The third kappa shape index (κ3) is 4.54. The van der Waals surface area contributed by atoms with Gasteiger partial charge in [-0.25, -0.2) is 4.98 Å². The lowest BCUT2D eigenvalue weighted by molar-refractivity contribution is 0.413. The van der Waals surface area contributed by atoms with Gasteiger partial charge in [-0.2, -0.15) is 14.4 Å². The standard InChI is InChI=1S/C24H29FN6/c1-5-15-12-16-8-6-9-17(16)13-18(15)14-19-28-20-21(26)29-23(25)30-22(20)31(19)11-7-10-27-24(2,3)4/h1,12-13,27H,6-11,14H2,2-4H3,(H2,26,29,30). The third-order valence-corrected chi connectivity index (χ3v) is 5.71. The molecule has 1 aliphatic rings. The lowest BCUT2D eigenvalue weighted by Crippen LogP contribution is -2.36. The fourth-order valence-electron chi connectivity index (χ4n) is 4.24. The number of anilines is 1. The van der Waals surface area contributed by atoms with Gasteiger partial charge in [0.25, 0.3) is 0 Å². The van der Waals surface area contributed by atoms with Crippen molar-refractivity contribution in [3.8, 4) is 12.3 Å². The Labute approximate surface area is 182 Å². The van der Waals surface area contributed by atoms with Crippen LogP contribution in [0.15, 0.2) is 12.1 Å². The molecule has 0 bridgehead atoms. The van der Waals surface area contributed by atoms with Crippen LogP contribution in [0.1, 0.15) is 61.7 Å². The maximum atomic E-state index is 13.9. The van der Waals surface area contributed by atoms with Gasteiger partial charge in [0.15, 0.2) is 17.0 Å². The molecule has 6 nitrogen and oxygen atoms in total. The predicted octanol–water partition coefficient (Wildman–Crippen LogP) is 3.39. The van der Waals surface area contributed by atoms with E-state index in [2.05, 4.69) is 54.1 Å². The van der Waals surface area contributed by atoms with Crippen molar-refractivity contribution in [2.45, 2.75) is 65.0 Å². The Balaban J connectivity index is 1.70. The van der Waals surface area contributed by atoms with Gasteiger partial charge in [0.2, 0.25) is 0 Å². The average molecular weight is 421 g/mol. The van der Waals surface area contributed by atoms with E-state index in [1.807, 2.05) is 4.57 Å². The first-order valence-corrected chi connectivity index (χ1v) is 10.8. The number of aromatic nitrogens is 4. The first kappa shape index (κ1) is 21.3. The van der Waals surface area contributed by atoms with Crippen molar-refractivity contribution in [3.63, 3.8) is 0 Å². The predicted molar refractivity (Wildman–Crippen MR) is 121 cm³/mol. The van der Waals surface area contributed by atoms with E-state index >= 15 is 0 Å². The molecule has 31 heavy (non-hydrogen) atoms. The number of terminal acetylenes is 1. The lowest BCUT2D eigenvalue weighted by atomic mass is 9.98. The zero-order valence-electron chi connectivity index (χ0n) is 18.4. The summed E-state index contributed by atoms with van der Waals surface area (Å²) in [7, 11) is 0. The Morgan fingerprint density at radius 3 is 2.65 bits per heavy atom. The number of nitrogens with two attached hydrogens (primary N) is 1. The van der Waals surface area contributed by atoms with Gasteiger partial charge in [0.1, 0.15) is 5.82 Å². The van der Waals surface area contributed by atoms with E-state index in [-0.39, 0.29) is 11.4 Å². The molecule has 0 saturated carbocycles. The number of nitrogens with one attached hydrogen (secondary N) is 1. The highest BCUT2D eigenvalue weighted by Gasteiger charge is 2.20. The molecule has 1 aliphatic carbocycles. The minimum Gasteiger partial charge on any atom is -0.382 e.